The number of ether oxygens (including phenoxy) is 1. The molecule has 2 heterocycles. The minimum atomic E-state index is -0.196. The molecule has 26 heavy (non-hydrogen) atoms. The molecule has 2 N–H and O–H groups in total. The van der Waals surface area contributed by atoms with Crippen LogP contribution >= 0.6 is 12.4 Å². The molecule has 4 rings (SSSR count). The van der Waals surface area contributed by atoms with E-state index >= 15 is 0 Å². The van der Waals surface area contributed by atoms with Crippen LogP contribution in [0.3, 0.4) is 0 Å². The van der Waals surface area contributed by atoms with Gasteiger partial charge >= 0.3 is 0 Å². The minimum absolute atomic E-state index is 0. The number of nitrogens with one attached hydrogen (secondary N) is 2. The number of methoxy groups -OCH3 is 1. The van der Waals surface area contributed by atoms with E-state index in [0.29, 0.717) is 17.5 Å². The van der Waals surface area contributed by atoms with Crippen LogP contribution in [0.25, 0.3) is 5.69 Å². The molecule has 1 saturated heterocycles. The lowest BCUT2D eigenvalue weighted by Gasteiger charge is -2.37. The van der Waals surface area contributed by atoms with Gasteiger partial charge in [0.1, 0.15) is 0 Å². The number of para-hydroxylation sites is 1. The summed E-state index contributed by atoms with van der Waals surface area (Å²) < 4.78 is 7.25. The third-order valence-corrected chi connectivity index (χ3v) is 5.39. The number of carbonyl (C=O) groups excluding carboxylic acids is 1. The molecule has 0 radical (unpaired) electrons. The predicted molar refractivity (Wildman–Crippen MR) is 99.7 cm³/mol. The van der Waals surface area contributed by atoms with Gasteiger partial charge in [0.2, 0.25) is 0 Å². The number of benzene rings is 1. The number of amides is 1. The Labute approximate surface area is 158 Å². The lowest BCUT2D eigenvalue weighted by Crippen LogP contribution is -2.50. The normalized spacial score (nSPS) is 27.4. The molecule has 0 unspecified atom stereocenters. The van der Waals surface area contributed by atoms with Gasteiger partial charge in [0.05, 0.1) is 24.0 Å². The molecule has 1 aromatic heterocycles. The molecule has 2 aliphatic rings. The second kappa shape index (κ2) is 8.16. The van der Waals surface area contributed by atoms with E-state index in [0.717, 1.165) is 31.6 Å². The molecule has 1 aliphatic carbocycles. The zero-order chi connectivity index (χ0) is 17.2. The molecule has 8 heteroatoms. The zero-order valence-electron chi connectivity index (χ0n) is 14.7. The maximum Gasteiger partial charge on any atom is 0.273 e. The van der Waals surface area contributed by atoms with Crippen LogP contribution in [-0.4, -0.2) is 53.2 Å². The maximum atomic E-state index is 12.6. The number of hydrogen-bond donors (Lipinski definition) is 2. The summed E-state index contributed by atoms with van der Waals surface area (Å²) in [5.74, 6) is 1.06. The van der Waals surface area contributed by atoms with Gasteiger partial charge in [0, 0.05) is 7.11 Å². The first kappa shape index (κ1) is 18.8. The molecule has 1 amide bonds. The monoisotopic (exact) mass is 377 g/mol. The van der Waals surface area contributed by atoms with E-state index in [1.165, 1.54) is 0 Å². The lowest BCUT2D eigenvalue weighted by molar-refractivity contribution is 0.0125. The van der Waals surface area contributed by atoms with Gasteiger partial charge in [0.25, 0.3) is 5.91 Å². The Morgan fingerprint density at radius 3 is 2.69 bits per heavy atom. The molecule has 4 atom stereocenters. The molecule has 1 aliphatic heterocycles. The van der Waals surface area contributed by atoms with Crippen LogP contribution in [0.1, 0.15) is 23.3 Å². The van der Waals surface area contributed by atoms with Crippen molar-refractivity contribution >= 4 is 18.3 Å². The van der Waals surface area contributed by atoms with Crippen molar-refractivity contribution in [2.75, 3.05) is 20.2 Å². The van der Waals surface area contributed by atoms with Crippen LogP contribution in [-0.2, 0) is 4.74 Å². The molecule has 0 bridgehead atoms. The van der Waals surface area contributed by atoms with Crippen molar-refractivity contribution in [3.05, 3.63) is 42.2 Å². The Hall–Kier alpha value is -1.96. The molecule has 0 spiro atoms. The molecule has 7 nitrogen and oxygen atoms in total. The summed E-state index contributed by atoms with van der Waals surface area (Å²) in [6, 6.07) is 9.65. The summed E-state index contributed by atoms with van der Waals surface area (Å²) in [5.41, 5.74) is 1.20. The standard InChI is InChI=1S/C18H23N5O2.ClH/c1-25-17-8-13-10-19-9-12(13)7-15(17)20-18(24)16-11-23(22-21-16)14-5-3-2-4-6-14;/h2-6,11-13,15,17,19H,7-10H2,1H3,(H,20,24);1H/t12-,13+,15-,17-;/m0./s1. The van der Waals surface area contributed by atoms with Gasteiger partial charge in [-0.15, -0.1) is 17.5 Å². The fourth-order valence-electron chi connectivity index (χ4n) is 4.01. The molecule has 140 valence electrons. The summed E-state index contributed by atoms with van der Waals surface area (Å²) in [6.07, 6.45) is 3.63. The van der Waals surface area contributed by atoms with Crippen molar-refractivity contribution in [3.8, 4) is 5.69 Å². The van der Waals surface area contributed by atoms with E-state index in [1.807, 2.05) is 30.3 Å². The third-order valence-electron chi connectivity index (χ3n) is 5.39. The van der Waals surface area contributed by atoms with Gasteiger partial charge in [0.15, 0.2) is 5.69 Å². The highest BCUT2D eigenvalue weighted by molar-refractivity contribution is 5.92. The molecule has 2 aromatic rings. The maximum absolute atomic E-state index is 12.6. The van der Waals surface area contributed by atoms with E-state index in [1.54, 1.807) is 18.0 Å². The predicted octanol–water partition coefficient (Wildman–Crippen LogP) is 1.43. The average Bonchev–Trinajstić information content (AvgIpc) is 3.31. The zero-order valence-corrected chi connectivity index (χ0v) is 15.5. The number of fused-ring (bicyclic) bond motifs is 1. The van der Waals surface area contributed by atoms with Crippen molar-refractivity contribution in [1.82, 2.24) is 25.6 Å². The topological polar surface area (TPSA) is 81.1 Å². The van der Waals surface area contributed by atoms with Crippen LogP contribution in [0, 0.1) is 11.8 Å². The number of halogens is 1. The first-order chi connectivity index (χ1) is 12.2. The molecule has 2 fully saturated rings. The fraction of sp³-hybridized carbons (Fsp3) is 0.500. The van der Waals surface area contributed by atoms with Gasteiger partial charge in [-0.05, 0) is 49.9 Å². The quantitative estimate of drug-likeness (QED) is 0.842. The van der Waals surface area contributed by atoms with Crippen molar-refractivity contribution in [1.29, 1.82) is 0 Å². The van der Waals surface area contributed by atoms with Crippen LogP contribution in [0.2, 0.25) is 0 Å². The second-order valence-corrected chi connectivity index (χ2v) is 6.89. The van der Waals surface area contributed by atoms with Crippen molar-refractivity contribution in [2.45, 2.75) is 25.0 Å². The van der Waals surface area contributed by atoms with E-state index in [-0.39, 0.29) is 30.5 Å². The molecular formula is C18H24ClN5O2. The Morgan fingerprint density at radius 1 is 1.23 bits per heavy atom. The van der Waals surface area contributed by atoms with Gasteiger partial charge in [-0.3, -0.25) is 4.79 Å². The SMILES string of the molecule is CO[C@H]1C[C@@H]2CNC[C@@H]2C[C@@H]1NC(=O)c1cn(-c2ccccc2)nn1.Cl. The number of aromatic nitrogens is 3. The Bertz CT molecular complexity index is 738. The highest BCUT2D eigenvalue weighted by atomic mass is 35.5. The van der Waals surface area contributed by atoms with Crippen LogP contribution < -0.4 is 10.6 Å². The summed E-state index contributed by atoms with van der Waals surface area (Å²) in [4.78, 5) is 12.6. The summed E-state index contributed by atoms with van der Waals surface area (Å²) in [6.45, 7) is 2.08. The van der Waals surface area contributed by atoms with Gasteiger partial charge in [-0.1, -0.05) is 23.4 Å². The van der Waals surface area contributed by atoms with E-state index in [2.05, 4.69) is 20.9 Å². The largest absolute Gasteiger partial charge is 0.379 e. The van der Waals surface area contributed by atoms with E-state index in [9.17, 15) is 4.79 Å². The van der Waals surface area contributed by atoms with Gasteiger partial charge in [-0.25, -0.2) is 4.68 Å². The second-order valence-electron chi connectivity index (χ2n) is 6.89. The first-order valence-electron chi connectivity index (χ1n) is 8.76. The lowest BCUT2D eigenvalue weighted by atomic mass is 9.77. The van der Waals surface area contributed by atoms with E-state index < -0.39 is 0 Å². The van der Waals surface area contributed by atoms with Gasteiger partial charge in [-0.2, -0.15) is 0 Å². The minimum Gasteiger partial charge on any atom is -0.379 e. The van der Waals surface area contributed by atoms with Crippen LogP contribution in [0.15, 0.2) is 36.5 Å². The molecular weight excluding hydrogens is 354 g/mol. The molecule has 1 aromatic carbocycles. The Morgan fingerprint density at radius 2 is 1.96 bits per heavy atom. The number of hydrogen-bond acceptors (Lipinski definition) is 5. The van der Waals surface area contributed by atoms with Crippen molar-refractivity contribution < 1.29 is 9.53 Å². The number of carbonyl (C=O) groups is 1. The van der Waals surface area contributed by atoms with Gasteiger partial charge < -0.3 is 15.4 Å². The molecule has 1 saturated carbocycles. The fourth-order valence-corrected chi connectivity index (χ4v) is 4.01. The highest BCUT2D eigenvalue weighted by Crippen LogP contribution is 2.34. The Balaban J connectivity index is 0.00000196. The summed E-state index contributed by atoms with van der Waals surface area (Å²) >= 11 is 0. The van der Waals surface area contributed by atoms with Crippen molar-refractivity contribution in [3.63, 3.8) is 0 Å². The average molecular weight is 378 g/mol. The summed E-state index contributed by atoms with van der Waals surface area (Å²) in [5, 5.41) is 14.6. The highest BCUT2D eigenvalue weighted by Gasteiger charge is 2.40. The number of nitrogens with zero attached hydrogens (tertiary/aromatic N) is 3. The smallest absolute Gasteiger partial charge is 0.273 e. The Kier molecular flexibility index (Phi) is 5.90. The van der Waals surface area contributed by atoms with Crippen LogP contribution in [0.5, 0.6) is 0 Å². The van der Waals surface area contributed by atoms with Crippen LogP contribution in [0.4, 0.5) is 0 Å². The van der Waals surface area contributed by atoms with E-state index in [4.69, 9.17) is 4.74 Å². The third kappa shape index (κ3) is 3.75. The summed E-state index contributed by atoms with van der Waals surface area (Å²) in [7, 11) is 1.72. The van der Waals surface area contributed by atoms with Crippen molar-refractivity contribution in [2.24, 2.45) is 11.8 Å². The number of rotatable bonds is 4. The first-order valence-corrected chi connectivity index (χ1v) is 8.76.